The van der Waals surface area contributed by atoms with Crippen LogP contribution < -0.4 is 16.4 Å². The molecule has 2 heterocycles. The van der Waals surface area contributed by atoms with E-state index in [0.717, 1.165) is 5.56 Å². The average Bonchev–Trinajstić information content (AvgIpc) is 2.58. The molecule has 0 radical (unpaired) electrons. The maximum absolute atomic E-state index is 7.76. The van der Waals surface area contributed by atoms with Gasteiger partial charge >= 0.3 is 0 Å². The molecule has 0 aliphatic rings. The second-order valence-electron chi connectivity index (χ2n) is 5.25. The predicted molar refractivity (Wildman–Crippen MR) is 94.5 cm³/mol. The third-order valence-electron chi connectivity index (χ3n) is 3.66. The molecule has 0 aliphatic heterocycles. The van der Waals surface area contributed by atoms with Crippen LogP contribution in [0.25, 0.3) is 10.9 Å². The average molecular weight is 314 g/mol. The highest BCUT2D eigenvalue weighted by Gasteiger charge is 2.14. The molecule has 0 bridgehead atoms. The second kappa shape index (κ2) is 5.72. The quantitative estimate of drug-likeness (QED) is 0.769. The van der Waals surface area contributed by atoms with Crippen LogP contribution >= 0.6 is 0 Å². The molecule has 0 saturated heterocycles. The van der Waals surface area contributed by atoms with Crippen LogP contribution in [0.1, 0.15) is 24.9 Å². The first-order valence-electron chi connectivity index (χ1n) is 9.94. The Labute approximate surface area is 143 Å². The Bertz CT molecular complexity index is 1050. The fraction of sp³-hybridized carbons (Fsp3) is 0.235. The highest BCUT2D eigenvalue weighted by Crippen LogP contribution is 2.32. The van der Waals surface area contributed by atoms with Gasteiger partial charge in [0.2, 0.25) is 5.95 Å². The summed E-state index contributed by atoms with van der Waals surface area (Å²) in [5, 5.41) is 0.614. The van der Waals surface area contributed by atoms with Crippen LogP contribution in [-0.2, 0) is 6.42 Å². The summed E-state index contributed by atoms with van der Waals surface area (Å²) in [6.07, 6.45) is 3.37. The summed E-state index contributed by atoms with van der Waals surface area (Å²) in [7, 11) is 0. The number of hydrogen-bond acceptors (Lipinski definition) is 6. The molecule has 0 saturated carbocycles. The maximum Gasteiger partial charge on any atom is 0.221 e. The minimum absolute atomic E-state index is 0.0471. The molecule has 0 atom stereocenters. The number of aromatic nitrogens is 3. The van der Waals surface area contributed by atoms with E-state index in [0.29, 0.717) is 27.8 Å². The number of pyridine rings is 1. The Balaban J connectivity index is 2.24. The topological polar surface area (TPSA) is 94.0 Å². The smallest absolute Gasteiger partial charge is 0.221 e. The van der Waals surface area contributed by atoms with Gasteiger partial charge in [0.05, 0.1) is 11.2 Å². The van der Waals surface area contributed by atoms with Crippen LogP contribution in [0.3, 0.4) is 0 Å². The third-order valence-corrected chi connectivity index (χ3v) is 3.66. The van der Waals surface area contributed by atoms with E-state index in [1.165, 1.54) is 12.4 Å². The van der Waals surface area contributed by atoms with Crippen molar-refractivity contribution in [1.29, 1.82) is 0 Å². The van der Waals surface area contributed by atoms with Crippen LogP contribution in [0.5, 0.6) is 0 Å². The molecule has 0 spiro atoms. The van der Waals surface area contributed by atoms with E-state index < -0.39 is 14.0 Å². The SMILES string of the molecule is [2H]C([2H])([2H])N(c1c(C)cc(Cc2cnc(N)nc2N)c2cccnc12)C([2H])([2H])[2H]. The molecule has 6 nitrogen and oxygen atoms in total. The van der Waals surface area contributed by atoms with Gasteiger partial charge in [0, 0.05) is 51.9 Å². The van der Waals surface area contributed by atoms with Gasteiger partial charge in [-0.3, -0.25) is 4.98 Å². The number of aryl methyl sites for hydroxylation is 1. The molecular weight excluding hydrogens is 288 g/mol. The molecular formula is C17H20N6. The summed E-state index contributed by atoms with van der Waals surface area (Å²) in [5.74, 6) is 0.304. The van der Waals surface area contributed by atoms with Gasteiger partial charge in [0.15, 0.2) is 0 Å². The lowest BCUT2D eigenvalue weighted by Crippen LogP contribution is -2.12. The van der Waals surface area contributed by atoms with Crippen molar-refractivity contribution in [2.75, 3.05) is 30.3 Å². The number of benzene rings is 1. The summed E-state index contributed by atoms with van der Waals surface area (Å²) in [4.78, 5) is 12.7. The molecule has 118 valence electrons. The largest absolute Gasteiger partial charge is 0.383 e. The van der Waals surface area contributed by atoms with Gasteiger partial charge in [0.25, 0.3) is 0 Å². The van der Waals surface area contributed by atoms with Crippen LogP contribution in [0.4, 0.5) is 17.5 Å². The van der Waals surface area contributed by atoms with E-state index in [1.54, 1.807) is 25.1 Å². The molecule has 23 heavy (non-hydrogen) atoms. The summed E-state index contributed by atoms with van der Waals surface area (Å²) in [6, 6.07) is 5.19. The molecule has 4 N–H and O–H groups in total. The van der Waals surface area contributed by atoms with Gasteiger partial charge < -0.3 is 16.4 Å². The van der Waals surface area contributed by atoms with Gasteiger partial charge in [-0.2, -0.15) is 4.98 Å². The van der Waals surface area contributed by atoms with E-state index in [2.05, 4.69) is 15.0 Å². The molecule has 1 aromatic carbocycles. The number of nitrogens with two attached hydrogens (primary N) is 2. The summed E-state index contributed by atoms with van der Waals surface area (Å²) < 4.78 is 46.6. The molecule has 3 aromatic rings. The van der Waals surface area contributed by atoms with E-state index in [1.807, 2.05) is 0 Å². The van der Waals surface area contributed by atoms with E-state index in [9.17, 15) is 0 Å². The minimum Gasteiger partial charge on any atom is -0.383 e. The number of nitrogen functional groups attached to an aromatic ring is 2. The summed E-state index contributed by atoms with van der Waals surface area (Å²) >= 11 is 0. The Morgan fingerprint density at radius 1 is 1.22 bits per heavy atom. The highest BCUT2D eigenvalue weighted by atomic mass is 15.1. The zero-order chi connectivity index (χ0) is 21.6. The highest BCUT2D eigenvalue weighted by molar-refractivity contribution is 5.95. The van der Waals surface area contributed by atoms with E-state index in [-0.39, 0.29) is 23.0 Å². The maximum atomic E-state index is 7.76. The first-order valence-corrected chi connectivity index (χ1v) is 6.94. The number of anilines is 3. The van der Waals surface area contributed by atoms with Gasteiger partial charge in [-0.15, -0.1) is 0 Å². The lowest BCUT2D eigenvalue weighted by atomic mass is 9.97. The van der Waals surface area contributed by atoms with Crippen molar-refractivity contribution in [2.45, 2.75) is 13.3 Å². The van der Waals surface area contributed by atoms with Crippen LogP contribution in [0, 0.1) is 6.92 Å². The van der Waals surface area contributed by atoms with Gasteiger partial charge in [-0.05, 0) is 24.1 Å². The van der Waals surface area contributed by atoms with Crippen LogP contribution in [-0.4, -0.2) is 28.9 Å². The number of rotatable bonds is 3. The Hall–Kier alpha value is -2.89. The zero-order valence-electron chi connectivity index (χ0n) is 18.5. The third kappa shape index (κ3) is 2.75. The van der Waals surface area contributed by atoms with Crippen molar-refractivity contribution in [3.8, 4) is 0 Å². The second-order valence-corrected chi connectivity index (χ2v) is 5.25. The molecule has 0 amide bonds. The van der Waals surface area contributed by atoms with Crippen molar-refractivity contribution in [2.24, 2.45) is 0 Å². The lowest BCUT2D eigenvalue weighted by molar-refractivity contribution is 1.08. The number of hydrogen-bond donors (Lipinski definition) is 2. The Morgan fingerprint density at radius 3 is 2.78 bits per heavy atom. The molecule has 0 unspecified atom stereocenters. The molecule has 0 fully saturated rings. The first kappa shape index (κ1) is 9.29. The van der Waals surface area contributed by atoms with Crippen LogP contribution in [0.15, 0.2) is 30.6 Å². The van der Waals surface area contributed by atoms with Crippen molar-refractivity contribution in [1.82, 2.24) is 15.0 Å². The number of fused-ring (bicyclic) bond motifs is 1. The zero-order valence-corrected chi connectivity index (χ0v) is 12.5. The molecule has 2 aromatic heterocycles. The number of nitrogens with zero attached hydrogens (tertiary/aromatic N) is 4. The fourth-order valence-electron chi connectivity index (χ4n) is 2.65. The predicted octanol–water partition coefficient (Wildman–Crippen LogP) is 2.15. The Kier molecular flexibility index (Phi) is 2.31. The minimum atomic E-state index is -2.88. The van der Waals surface area contributed by atoms with E-state index >= 15 is 0 Å². The molecule has 3 rings (SSSR count). The Morgan fingerprint density at radius 2 is 2.04 bits per heavy atom. The first-order chi connectivity index (χ1) is 13.4. The monoisotopic (exact) mass is 314 g/mol. The van der Waals surface area contributed by atoms with Gasteiger partial charge in [-0.1, -0.05) is 12.1 Å². The van der Waals surface area contributed by atoms with Gasteiger partial charge in [0.1, 0.15) is 5.82 Å². The summed E-state index contributed by atoms with van der Waals surface area (Å²) in [6.45, 7) is -4.10. The lowest BCUT2D eigenvalue weighted by Gasteiger charge is -2.20. The van der Waals surface area contributed by atoms with E-state index in [4.69, 9.17) is 19.7 Å². The standard InChI is InChI=1S/C17H20N6/c1-10-7-11(8-12-9-21-17(19)22-16(12)18)13-5-4-6-20-14(13)15(10)23(2)3/h4-7,9H,8H2,1-3H3,(H4,18,19,21,22)/i2D3,3D3. The fourth-order valence-corrected chi connectivity index (χ4v) is 2.65. The molecule has 0 aliphatic carbocycles. The van der Waals surface area contributed by atoms with Gasteiger partial charge in [-0.25, -0.2) is 4.98 Å². The summed E-state index contributed by atoms with van der Waals surface area (Å²) in [5.41, 5.74) is 13.7. The van der Waals surface area contributed by atoms with Crippen molar-refractivity contribution < 1.29 is 8.22 Å². The van der Waals surface area contributed by atoms with Crippen LogP contribution in [0.2, 0.25) is 0 Å². The molecule has 6 heteroatoms. The normalized spacial score (nSPS) is 15.9. The van der Waals surface area contributed by atoms with Crippen molar-refractivity contribution in [3.63, 3.8) is 0 Å². The van der Waals surface area contributed by atoms with Crippen molar-refractivity contribution >= 4 is 28.4 Å². The van der Waals surface area contributed by atoms with Crippen molar-refractivity contribution in [3.05, 3.63) is 47.3 Å².